The van der Waals surface area contributed by atoms with Crippen LogP contribution < -0.4 is 10.9 Å². The van der Waals surface area contributed by atoms with Gasteiger partial charge in [0.1, 0.15) is 15.6 Å². The van der Waals surface area contributed by atoms with Crippen LogP contribution in [0.2, 0.25) is 0 Å². The third-order valence-corrected chi connectivity index (χ3v) is 5.12. The first-order valence-corrected chi connectivity index (χ1v) is 8.53. The first-order chi connectivity index (χ1) is 11.9. The Balaban J connectivity index is 1.93. The summed E-state index contributed by atoms with van der Waals surface area (Å²) in [6.45, 7) is 5.74. The summed E-state index contributed by atoms with van der Waals surface area (Å²) in [6.07, 6.45) is 1.56. The summed E-state index contributed by atoms with van der Waals surface area (Å²) in [5.41, 5.74) is 2.40. The monoisotopic (exact) mass is 358 g/mol. The maximum absolute atomic E-state index is 12.5. The van der Waals surface area contributed by atoms with E-state index in [-0.39, 0.29) is 11.5 Å². The molecule has 0 bridgehead atoms. The topological polar surface area (TPSA) is 90.0 Å². The van der Waals surface area contributed by atoms with Crippen molar-refractivity contribution >= 4 is 17.2 Å². The lowest BCUT2D eigenvalue weighted by molar-refractivity contribution is 0.0951. The van der Waals surface area contributed by atoms with E-state index < -0.39 is 0 Å². The molecule has 7 nitrogen and oxygen atoms in total. The predicted molar refractivity (Wildman–Crippen MR) is 94.7 cm³/mol. The van der Waals surface area contributed by atoms with Crippen molar-refractivity contribution < 1.29 is 9.21 Å². The van der Waals surface area contributed by atoms with Gasteiger partial charge in [-0.3, -0.25) is 9.59 Å². The van der Waals surface area contributed by atoms with Crippen molar-refractivity contribution in [1.29, 1.82) is 0 Å². The van der Waals surface area contributed by atoms with Crippen molar-refractivity contribution in [3.05, 3.63) is 56.3 Å². The molecule has 3 aromatic heterocycles. The third kappa shape index (κ3) is 3.25. The molecule has 0 aliphatic rings. The quantitative estimate of drug-likeness (QED) is 0.773. The molecule has 0 saturated heterocycles. The molecule has 0 atom stereocenters. The second-order valence-corrected chi connectivity index (χ2v) is 6.71. The van der Waals surface area contributed by atoms with Crippen LogP contribution in [0.25, 0.3) is 10.6 Å². The van der Waals surface area contributed by atoms with Crippen LogP contribution in [0.15, 0.2) is 27.6 Å². The first kappa shape index (κ1) is 17.1. The molecule has 1 amide bonds. The number of carbonyl (C=O) groups excluding carboxylic acids is 1. The number of carbonyl (C=O) groups is 1. The van der Waals surface area contributed by atoms with Gasteiger partial charge in [0.25, 0.3) is 11.5 Å². The molecular formula is C17H18N4O3S. The van der Waals surface area contributed by atoms with Crippen LogP contribution in [0.1, 0.15) is 32.4 Å². The smallest absolute Gasteiger partial charge is 0.277 e. The maximum atomic E-state index is 12.5. The molecule has 0 aromatic carbocycles. The Bertz CT molecular complexity index is 986. The van der Waals surface area contributed by atoms with Gasteiger partial charge in [0.2, 0.25) is 0 Å². The van der Waals surface area contributed by atoms with E-state index in [9.17, 15) is 9.59 Å². The highest BCUT2D eigenvalue weighted by atomic mass is 32.1. The molecule has 0 aliphatic carbocycles. The fourth-order valence-corrected chi connectivity index (χ4v) is 3.55. The van der Waals surface area contributed by atoms with Gasteiger partial charge < -0.3 is 9.73 Å². The third-order valence-electron chi connectivity index (χ3n) is 3.95. The zero-order chi connectivity index (χ0) is 18.1. The van der Waals surface area contributed by atoms with Crippen LogP contribution in [0.4, 0.5) is 0 Å². The summed E-state index contributed by atoms with van der Waals surface area (Å²) < 4.78 is 6.50. The summed E-state index contributed by atoms with van der Waals surface area (Å²) in [5, 5.41) is 7.51. The van der Waals surface area contributed by atoms with Gasteiger partial charge >= 0.3 is 0 Å². The van der Waals surface area contributed by atoms with Crippen molar-refractivity contribution in [3.8, 4) is 10.6 Å². The minimum Gasteiger partial charge on any atom is -0.467 e. The fourth-order valence-electron chi connectivity index (χ4n) is 2.48. The van der Waals surface area contributed by atoms with Gasteiger partial charge in [0.05, 0.1) is 29.8 Å². The molecule has 0 saturated carbocycles. The Kier molecular flexibility index (Phi) is 4.54. The number of thiazole rings is 1. The minimum absolute atomic E-state index is 0.223. The van der Waals surface area contributed by atoms with Crippen LogP contribution >= 0.6 is 11.3 Å². The van der Waals surface area contributed by atoms with Crippen LogP contribution in [0.3, 0.4) is 0 Å². The van der Waals surface area contributed by atoms with Crippen LogP contribution in [0.5, 0.6) is 0 Å². The van der Waals surface area contributed by atoms with E-state index >= 15 is 0 Å². The SMILES string of the molecule is Cc1nc(-c2c(C)c(C)nn(C)c2=O)sc1C(=O)NCc1ccco1. The van der Waals surface area contributed by atoms with E-state index in [2.05, 4.69) is 15.4 Å². The molecule has 130 valence electrons. The number of nitrogens with one attached hydrogen (secondary N) is 1. The lowest BCUT2D eigenvalue weighted by Gasteiger charge is -2.07. The Hall–Kier alpha value is -2.74. The second kappa shape index (κ2) is 6.64. The van der Waals surface area contributed by atoms with Crippen LogP contribution in [-0.4, -0.2) is 20.7 Å². The number of rotatable bonds is 4. The van der Waals surface area contributed by atoms with Crippen molar-refractivity contribution in [1.82, 2.24) is 20.1 Å². The van der Waals surface area contributed by atoms with E-state index in [1.807, 2.05) is 13.8 Å². The highest BCUT2D eigenvalue weighted by Gasteiger charge is 2.21. The largest absolute Gasteiger partial charge is 0.467 e. The first-order valence-electron chi connectivity index (χ1n) is 7.71. The van der Waals surface area contributed by atoms with Gasteiger partial charge in [-0.25, -0.2) is 9.67 Å². The fraction of sp³-hybridized carbons (Fsp3) is 0.294. The molecule has 0 spiro atoms. The van der Waals surface area contributed by atoms with Gasteiger partial charge in [0.15, 0.2) is 0 Å². The average Bonchev–Trinajstić information content (AvgIpc) is 3.21. The minimum atomic E-state index is -0.238. The second-order valence-electron chi connectivity index (χ2n) is 5.71. The van der Waals surface area contributed by atoms with Gasteiger partial charge in [-0.05, 0) is 38.5 Å². The lowest BCUT2D eigenvalue weighted by Crippen LogP contribution is -2.23. The maximum Gasteiger partial charge on any atom is 0.277 e. The van der Waals surface area contributed by atoms with Gasteiger partial charge in [-0.1, -0.05) is 0 Å². The molecule has 25 heavy (non-hydrogen) atoms. The molecule has 0 radical (unpaired) electrons. The molecule has 0 unspecified atom stereocenters. The van der Waals surface area contributed by atoms with E-state index in [0.29, 0.717) is 33.4 Å². The van der Waals surface area contributed by atoms with Crippen molar-refractivity contribution in [3.63, 3.8) is 0 Å². The van der Waals surface area contributed by atoms with Gasteiger partial charge in [-0.15, -0.1) is 11.3 Å². The highest BCUT2D eigenvalue weighted by molar-refractivity contribution is 7.17. The Labute approximate surface area is 148 Å². The summed E-state index contributed by atoms with van der Waals surface area (Å²) in [4.78, 5) is 29.8. The summed E-state index contributed by atoms with van der Waals surface area (Å²) in [6, 6.07) is 3.56. The average molecular weight is 358 g/mol. The number of nitrogens with zero attached hydrogens (tertiary/aromatic N) is 3. The zero-order valence-corrected chi connectivity index (χ0v) is 15.2. The Morgan fingerprint density at radius 3 is 2.76 bits per heavy atom. The number of hydrogen-bond acceptors (Lipinski definition) is 6. The number of aryl methyl sites for hydroxylation is 3. The van der Waals surface area contributed by atoms with Crippen LogP contribution in [-0.2, 0) is 13.6 Å². The molecule has 1 N–H and O–H groups in total. The number of hydrogen-bond donors (Lipinski definition) is 1. The van der Waals surface area contributed by atoms with Gasteiger partial charge in [-0.2, -0.15) is 5.10 Å². The van der Waals surface area contributed by atoms with E-state index in [1.54, 1.807) is 32.4 Å². The highest BCUT2D eigenvalue weighted by Crippen LogP contribution is 2.28. The summed E-state index contributed by atoms with van der Waals surface area (Å²) in [5.74, 6) is 0.433. The molecule has 3 rings (SSSR count). The van der Waals surface area contributed by atoms with Crippen molar-refractivity contribution in [2.45, 2.75) is 27.3 Å². The number of furan rings is 1. The van der Waals surface area contributed by atoms with E-state index in [4.69, 9.17) is 4.42 Å². The molecule has 3 heterocycles. The predicted octanol–water partition coefficient (Wildman–Crippen LogP) is 2.35. The summed E-state index contributed by atoms with van der Waals surface area (Å²) in [7, 11) is 1.61. The Morgan fingerprint density at radius 1 is 1.32 bits per heavy atom. The van der Waals surface area contributed by atoms with E-state index in [0.717, 1.165) is 11.3 Å². The lowest BCUT2D eigenvalue weighted by atomic mass is 10.1. The normalized spacial score (nSPS) is 10.9. The molecule has 3 aromatic rings. The Morgan fingerprint density at radius 2 is 2.08 bits per heavy atom. The molecular weight excluding hydrogens is 340 g/mol. The molecule has 0 aliphatic heterocycles. The molecule has 8 heteroatoms. The number of aromatic nitrogens is 3. The summed E-state index contributed by atoms with van der Waals surface area (Å²) >= 11 is 1.21. The van der Waals surface area contributed by atoms with Crippen molar-refractivity contribution in [2.24, 2.45) is 7.05 Å². The van der Waals surface area contributed by atoms with Crippen molar-refractivity contribution in [2.75, 3.05) is 0 Å². The molecule has 0 fully saturated rings. The number of amides is 1. The van der Waals surface area contributed by atoms with E-state index in [1.165, 1.54) is 16.0 Å². The van der Waals surface area contributed by atoms with Crippen LogP contribution in [0, 0.1) is 20.8 Å². The standard InChI is InChI=1S/C17H18N4O3S/c1-9-10(2)20-21(4)17(23)13(9)16-19-11(3)14(25-16)15(22)18-8-12-6-5-7-24-12/h5-7H,8H2,1-4H3,(H,18,22). The van der Waals surface area contributed by atoms with Gasteiger partial charge in [0, 0.05) is 7.05 Å². The zero-order valence-electron chi connectivity index (χ0n) is 14.4.